The summed E-state index contributed by atoms with van der Waals surface area (Å²) in [5, 5.41) is 10.3. The predicted molar refractivity (Wildman–Crippen MR) is 93.2 cm³/mol. The highest BCUT2D eigenvalue weighted by atomic mass is 32.2. The van der Waals surface area contributed by atoms with Gasteiger partial charge in [0, 0.05) is 10.9 Å². The minimum atomic E-state index is -3.72. The Morgan fingerprint density at radius 3 is 2.64 bits per heavy atom. The molecule has 0 unspecified atom stereocenters. The van der Waals surface area contributed by atoms with E-state index in [0.29, 0.717) is 23.0 Å². The fourth-order valence-electron chi connectivity index (χ4n) is 2.14. The normalized spacial score (nSPS) is 11.4. The highest BCUT2D eigenvalue weighted by Crippen LogP contribution is 2.23. The van der Waals surface area contributed by atoms with E-state index in [1.54, 1.807) is 30.5 Å². The molecule has 3 rings (SSSR count). The van der Waals surface area contributed by atoms with E-state index in [1.807, 2.05) is 5.38 Å². The van der Waals surface area contributed by atoms with Gasteiger partial charge in [0.15, 0.2) is 0 Å². The van der Waals surface area contributed by atoms with Crippen LogP contribution in [0.5, 0.6) is 0 Å². The summed E-state index contributed by atoms with van der Waals surface area (Å²) in [7, 11) is -3.72. The molecular weight excluding hydrogens is 362 g/mol. The number of carbonyl (C=O) groups excluding carboxylic acids is 1. The number of rotatable bonds is 6. The molecule has 0 spiro atoms. The molecule has 2 aromatic heterocycles. The number of thiazole rings is 1. The summed E-state index contributed by atoms with van der Waals surface area (Å²) in [6.45, 7) is 0.332. The third-order valence-electron chi connectivity index (χ3n) is 3.38. The number of sulfonamides is 1. The summed E-state index contributed by atoms with van der Waals surface area (Å²) in [5.74, 6) is 0.532. The standard InChI is InChI=1S/C16H15N3O4S2/c17-25(21,22)13-5-3-11(4-6-13)14-10-24-16(19-14)8-15(20)18-9-12-2-1-7-23-12/h1-7,10H,8-9H2,(H,18,20)(H2,17,21,22). The lowest BCUT2D eigenvalue weighted by atomic mass is 10.2. The molecule has 9 heteroatoms. The molecule has 0 atom stereocenters. The molecule has 1 aromatic carbocycles. The average Bonchev–Trinajstić information content (AvgIpc) is 3.24. The van der Waals surface area contributed by atoms with Crippen LogP contribution in [0.15, 0.2) is 57.4 Å². The Morgan fingerprint density at radius 1 is 1.24 bits per heavy atom. The second-order valence-corrected chi connectivity index (χ2v) is 7.73. The number of furan rings is 1. The van der Waals surface area contributed by atoms with Crippen LogP contribution < -0.4 is 10.5 Å². The Balaban J connectivity index is 1.63. The van der Waals surface area contributed by atoms with Gasteiger partial charge in [0.2, 0.25) is 15.9 Å². The summed E-state index contributed by atoms with van der Waals surface area (Å²) in [5.41, 5.74) is 1.44. The summed E-state index contributed by atoms with van der Waals surface area (Å²) >= 11 is 1.37. The van der Waals surface area contributed by atoms with Gasteiger partial charge in [0.1, 0.15) is 10.8 Å². The number of nitrogens with one attached hydrogen (secondary N) is 1. The number of primary sulfonamides is 1. The van der Waals surface area contributed by atoms with Crippen LogP contribution in [-0.2, 0) is 27.8 Å². The van der Waals surface area contributed by atoms with Crippen LogP contribution in [0.1, 0.15) is 10.8 Å². The highest BCUT2D eigenvalue weighted by Gasteiger charge is 2.11. The molecule has 0 fully saturated rings. The van der Waals surface area contributed by atoms with Crippen molar-refractivity contribution in [2.24, 2.45) is 5.14 Å². The van der Waals surface area contributed by atoms with Gasteiger partial charge >= 0.3 is 0 Å². The minimum Gasteiger partial charge on any atom is -0.467 e. The van der Waals surface area contributed by atoms with Gasteiger partial charge in [-0.05, 0) is 24.3 Å². The van der Waals surface area contributed by atoms with E-state index in [2.05, 4.69) is 10.3 Å². The first kappa shape index (κ1) is 17.3. The molecule has 3 N–H and O–H groups in total. The van der Waals surface area contributed by atoms with Gasteiger partial charge in [-0.25, -0.2) is 18.5 Å². The Hall–Kier alpha value is -2.49. The van der Waals surface area contributed by atoms with Gasteiger partial charge in [0.05, 0.1) is 29.8 Å². The van der Waals surface area contributed by atoms with Crippen molar-refractivity contribution in [1.29, 1.82) is 0 Å². The molecule has 3 aromatic rings. The third kappa shape index (κ3) is 4.53. The van der Waals surface area contributed by atoms with Gasteiger partial charge in [-0.15, -0.1) is 11.3 Å². The van der Waals surface area contributed by atoms with Gasteiger partial charge in [0.25, 0.3) is 0 Å². The number of hydrogen-bond donors (Lipinski definition) is 2. The van der Waals surface area contributed by atoms with Gasteiger partial charge in [-0.2, -0.15) is 0 Å². The van der Waals surface area contributed by atoms with Crippen LogP contribution in [-0.4, -0.2) is 19.3 Å². The van der Waals surface area contributed by atoms with Crippen LogP contribution >= 0.6 is 11.3 Å². The first-order valence-corrected chi connectivity index (χ1v) is 9.71. The number of nitrogens with zero attached hydrogens (tertiary/aromatic N) is 1. The Labute approximate surface area is 148 Å². The molecule has 2 heterocycles. The highest BCUT2D eigenvalue weighted by molar-refractivity contribution is 7.89. The van der Waals surface area contributed by atoms with Gasteiger partial charge < -0.3 is 9.73 Å². The van der Waals surface area contributed by atoms with Crippen LogP contribution in [0.4, 0.5) is 0 Å². The molecule has 0 aliphatic carbocycles. The summed E-state index contributed by atoms with van der Waals surface area (Å²) in [6, 6.07) is 9.67. The molecule has 0 saturated carbocycles. The van der Waals surface area contributed by atoms with E-state index in [9.17, 15) is 13.2 Å². The topological polar surface area (TPSA) is 115 Å². The van der Waals surface area contributed by atoms with E-state index < -0.39 is 10.0 Å². The quantitative estimate of drug-likeness (QED) is 0.681. The van der Waals surface area contributed by atoms with E-state index in [4.69, 9.17) is 9.56 Å². The average molecular weight is 377 g/mol. The van der Waals surface area contributed by atoms with E-state index >= 15 is 0 Å². The Bertz CT molecular complexity index is 961. The maximum atomic E-state index is 11.9. The minimum absolute atomic E-state index is 0.0454. The monoisotopic (exact) mass is 377 g/mol. The van der Waals surface area contributed by atoms with Crippen LogP contribution in [0.2, 0.25) is 0 Å². The van der Waals surface area contributed by atoms with E-state index in [0.717, 1.165) is 5.56 Å². The lowest BCUT2D eigenvalue weighted by Gasteiger charge is -2.01. The summed E-state index contributed by atoms with van der Waals surface area (Å²) in [4.78, 5) is 16.4. The van der Waals surface area contributed by atoms with Gasteiger partial charge in [-0.3, -0.25) is 4.79 Å². The van der Waals surface area contributed by atoms with E-state index in [1.165, 1.54) is 23.5 Å². The zero-order valence-corrected chi connectivity index (χ0v) is 14.6. The van der Waals surface area contributed by atoms with Crippen molar-refractivity contribution in [2.45, 2.75) is 17.9 Å². The van der Waals surface area contributed by atoms with Crippen molar-refractivity contribution in [3.63, 3.8) is 0 Å². The Kier molecular flexibility index (Phi) is 4.98. The molecule has 130 valence electrons. The predicted octanol–water partition coefficient (Wildman–Crippen LogP) is 1.91. The van der Waals surface area contributed by atoms with Crippen molar-refractivity contribution >= 4 is 27.3 Å². The van der Waals surface area contributed by atoms with Crippen LogP contribution in [0.25, 0.3) is 11.3 Å². The van der Waals surface area contributed by atoms with Crippen LogP contribution in [0.3, 0.4) is 0 Å². The number of hydrogen-bond acceptors (Lipinski definition) is 6. The smallest absolute Gasteiger partial charge is 0.238 e. The van der Waals surface area contributed by atoms with Crippen molar-refractivity contribution in [3.8, 4) is 11.3 Å². The fourth-order valence-corrected chi connectivity index (χ4v) is 3.46. The number of nitrogens with two attached hydrogens (primary N) is 1. The lowest BCUT2D eigenvalue weighted by molar-refractivity contribution is -0.120. The second-order valence-electron chi connectivity index (χ2n) is 5.23. The SMILES string of the molecule is NS(=O)(=O)c1ccc(-c2csc(CC(=O)NCc3ccco3)n2)cc1. The number of amides is 1. The molecule has 7 nitrogen and oxygen atoms in total. The Morgan fingerprint density at radius 2 is 2.00 bits per heavy atom. The summed E-state index contributed by atoms with van der Waals surface area (Å²) < 4.78 is 27.7. The molecule has 25 heavy (non-hydrogen) atoms. The van der Waals surface area contributed by atoms with Crippen molar-refractivity contribution in [1.82, 2.24) is 10.3 Å². The van der Waals surface area contributed by atoms with E-state index in [-0.39, 0.29) is 17.2 Å². The number of carbonyl (C=O) groups is 1. The summed E-state index contributed by atoms with van der Waals surface area (Å²) in [6.07, 6.45) is 1.72. The molecular formula is C16H15N3O4S2. The number of aromatic nitrogens is 1. The third-order valence-corrected chi connectivity index (χ3v) is 5.16. The largest absolute Gasteiger partial charge is 0.467 e. The molecule has 0 aliphatic rings. The first-order chi connectivity index (χ1) is 11.9. The molecule has 0 bridgehead atoms. The zero-order valence-electron chi connectivity index (χ0n) is 13.0. The second kappa shape index (κ2) is 7.18. The molecule has 0 radical (unpaired) electrons. The molecule has 1 amide bonds. The van der Waals surface area contributed by atoms with Crippen LogP contribution in [0, 0.1) is 0 Å². The van der Waals surface area contributed by atoms with Crippen molar-refractivity contribution < 1.29 is 17.6 Å². The maximum Gasteiger partial charge on any atom is 0.238 e. The van der Waals surface area contributed by atoms with Crippen molar-refractivity contribution in [2.75, 3.05) is 0 Å². The first-order valence-electron chi connectivity index (χ1n) is 7.28. The van der Waals surface area contributed by atoms with Gasteiger partial charge in [-0.1, -0.05) is 12.1 Å². The lowest BCUT2D eigenvalue weighted by Crippen LogP contribution is -2.24. The number of benzene rings is 1. The fraction of sp³-hybridized carbons (Fsp3) is 0.125. The molecule has 0 aliphatic heterocycles. The maximum absolute atomic E-state index is 11.9. The van der Waals surface area contributed by atoms with Crippen molar-refractivity contribution in [3.05, 3.63) is 58.8 Å². The molecule has 0 saturated heterocycles. The zero-order chi connectivity index (χ0) is 17.9.